The predicted octanol–water partition coefficient (Wildman–Crippen LogP) is 23.5. The molecule has 13 aromatic carbocycles. The number of benzene rings is 13. The summed E-state index contributed by atoms with van der Waals surface area (Å²) >= 11 is 0. The minimum absolute atomic E-state index is 0.150. The topological polar surface area (TPSA) is 61.4 Å². The Labute approximate surface area is 579 Å². The van der Waals surface area contributed by atoms with Gasteiger partial charge in [0.2, 0.25) is 0 Å². The van der Waals surface area contributed by atoms with Gasteiger partial charge < -0.3 is 0 Å². The van der Waals surface area contributed by atoms with Crippen LogP contribution < -0.4 is 0 Å². The zero-order valence-corrected chi connectivity index (χ0v) is 54.3. The highest BCUT2D eigenvalue weighted by Crippen LogP contribution is 2.57. The number of hydrogen-bond donors (Lipinski definition) is 0. The van der Waals surface area contributed by atoms with Crippen LogP contribution in [0, 0.1) is 5.92 Å². The summed E-state index contributed by atoms with van der Waals surface area (Å²) < 4.78 is 4.65. The van der Waals surface area contributed by atoms with E-state index in [1.807, 2.05) is 0 Å². The fourth-order valence-electron chi connectivity index (χ4n) is 16.3. The highest BCUT2D eigenvalue weighted by molar-refractivity contribution is 6.19. The van der Waals surface area contributed by atoms with Gasteiger partial charge in [-0.05, 0) is 121 Å². The maximum Gasteiger partial charge on any atom is 0.160 e. The maximum atomic E-state index is 5.91. The van der Waals surface area contributed by atoms with Crippen molar-refractivity contribution in [1.82, 2.24) is 29.1 Å². The van der Waals surface area contributed by atoms with Gasteiger partial charge in [-0.1, -0.05) is 303 Å². The predicted molar refractivity (Wildman–Crippen MR) is 410 cm³/mol. The lowest BCUT2D eigenvalue weighted by Crippen LogP contribution is -2.14. The molecule has 6 heteroatoms. The molecule has 0 spiro atoms. The minimum atomic E-state index is 0.150. The van der Waals surface area contributed by atoms with Crippen LogP contribution in [0.5, 0.6) is 0 Å². The first-order chi connectivity index (χ1) is 49.6. The lowest BCUT2D eigenvalue weighted by atomic mass is 9.74. The van der Waals surface area contributed by atoms with Crippen molar-refractivity contribution in [2.45, 2.75) is 5.92 Å². The second kappa shape index (κ2) is 23.3. The summed E-state index contributed by atoms with van der Waals surface area (Å²) in [5.41, 5.74) is 30.5. The average molecular weight is 1270 g/mol. The Bertz CT molecular complexity index is 6050. The molecular weight excluding hydrogens is 1210 g/mol. The fraction of sp³-hybridized carbons (Fsp3) is 0.0213. The molecule has 2 unspecified atom stereocenters. The molecule has 0 fully saturated rings. The van der Waals surface area contributed by atoms with Gasteiger partial charge >= 0.3 is 0 Å². The second-order valence-electron chi connectivity index (χ2n) is 26.3. The van der Waals surface area contributed by atoms with Crippen molar-refractivity contribution < 1.29 is 0 Å². The summed E-state index contributed by atoms with van der Waals surface area (Å²) in [6.45, 7) is 0. The highest BCUT2D eigenvalue weighted by Gasteiger charge is 2.41. The zero-order valence-electron chi connectivity index (χ0n) is 54.3. The van der Waals surface area contributed by atoms with Crippen LogP contribution in [0.1, 0.15) is 22.6 Å². The third-order valence-corrected chi connectivity index (χ3v) is 20.7. The average Bonchev–Trinajstić information content (AvgIpc) is 1.48. The van der Waals surface area contributed by atoms with Crippen LogP contribution >= 0.6 is 0 Å². The molecule has 466 valence electrons. The number of fused-ring (bicyclic) bond motifs is 7. The highest BCUT2D eigenvalue weighted by atomic mass is 15.1. The Morgan fingerprint density at radius 2 is 0.770 bits per heavy atom. The molecule has 0 saturated heterocycles. The molecule has 3 heterocycles. The largest absolute Gasteiger partial charge is 0.292 e. The third-order valence-electron chi connectivity index (χ3n) is 20.7. The van der Waals surface area contributed by atoms with Crippen LogP contribution in [-0.4, -0.2) is 29.1 Å². The van der Waals surface area contributed by atoms with Gasteiger partial charge in [0.05, 0.1) is 34.0 Å². The Morgan fingerprint density at radius 3 is 1.34 bits per heavy atom. The number of nitrogens with zero attached hydrogens (tertiary/aromatic N) is 6. The van der Waals surface area contributed by atoms with Crippen LogP contribution in [0.25, 0.3) is 168 Å². The molecule has 0 N–H and O–H groups in total. The van der Waals surface area contributed by atoms with E-state index in [0.29, 0.717) is 5.82 Å². The van der Waals surface area contributed by atoms with E-state index < -0.39 is 0 Å². The van der Waals surface area contributed by atoms with E-state index in [4.69, 9.17) is 19.9 Å². The first kappa shape index (κ1) is 57.1. The first-order valence-corrected chi connectivity index (χ1v) is 34.4. The van der Waals surface area contributed by atoms with Gasteiger partial charge in [0.15, 0.2) is 5.82 Å². The quantitative estimate of drug-likeness (QED) is 0.122. The molecule has 0 radical (unpaired) electrons. The summed E-state index contributed by atoms with van der Waals surface area (Å²) in [5.74, 6) is 2.68. The fourth-order valence-corrected chi connectivity index (χ4v) is 16.3. The standard InChI is InChI=1S/C94H60N6/c1-7-25-59(26-8-1)87-90(62-29-11-3-12-30-62)99(93(97-87)65-33-15-5-16-34-65)68-49-45-61(46-50-68)86-83-58-67(70-53-55-80-73-39-21-19-37-71(73)77-42-23-41-76(70)84(77)80)57-82(75-54-56-81-74-40-22-20-38-72(74)78-43-24-44-79(75)85(78)81)89(83)96-92(95-86)64-47-51-69(52-48-64)100-91(63-31-13-4-14-32-63)88(60-27-9-2-10-28-60)98-94(100)66-35-17-6-18-36-66/h1-58,81,85H. The molecule has 0 bridgehead atoms. The van der Waals surface area contributed by atoms with Gasteiger partial charge in [-0.3, -0.25) is 9.13 Å². The number of aromatic nitrogens is 6. The van der Waals surface area contributed by atoms with Gasteiger partial charge in [-0.25, -0.2) is 19.9 Å². The molecule has 3 aromatic heterocycles. The molecule has 100 heavy (non-hydrogen) atoms. The van der Waals surface area contributed by atoms with Crippen molar-refractivity contribution in [3.05, 3.63) is 374 Å². The molecule has 16 aromatic rings. The molecule has 4 aliphatic carbocycles. The van der Waals surface area contributed by atoms with E-state index in [2.05, 4.69) is 361 Å². The van der Waals surface area contributed by atoms with Crippen LogP contribution in [0.2, 0.25) is 0 Å². The molecule has 4 aliphatic rings. The normalized spacial score (nSPS) is 14.5. The third kappa shape index (κ3) is 9.18. The molecule has 0 amide bonds. The van der Waals surface area contributed by atoms with Crippen LogP contribution in [-0.2, 0) is 0 Å². The maximum absolute atomic E-state index is 5.91. The van der Waals surface area contributed by atoms with E-state index in [1.54, 1.807) is 0 Å². The van der Waals surface area contributed by atoms with Gasteiger partial charge in [0.1, 0.15) is 11.6 Å². The first-order valence-electron chi connectivity index (χ1n) is 34.4. The van der Waals surface area contributed by atoms with E-state index >= 15 is 0 Å². The molecule has 2 atom stereocenters. The van der Waals surface area contributed by atoms with Crippen molar-refractivity contribution in [2.24, 2.45) is 5.92 Å². The van der Waals surface area contributed by atoms with E-state index in [0.717, 1.165) is 129 Å². The van der Waals surface area contributed by atoms with Crippen molar-refractivity contribution >= 4 is 32.8 Å². The number of imidazole rings is 2. The Kier molecular flexibility index (Phi) is 13.3. The molecule has 0 saturated carbocycles. The van der Waals surface area contributed by atoms with Gasteiger partial charge in [-0.15, -0.1) is 0 Å². The van der Waals surface area contributed by atoms with Crippen LogP contribution in [0.3, 0.4) is 0 Å². The summed E-state index contributed by atoms with van der Waals surface area (Å²) in [4.78, 5) is 22.9. The second-order valence-corrected chi connectivity index (χ2v) is 26.3. The van der Waals surface area contributed by atoms with Crippen molar-refractivity contribution in [2.75, 3.05) is 0 Å². The van der Waals surface area contributed by atoms with Gasteiger partial charge in [0, 0.05) is 78.7 Å². The Balaban J connectivity index is 0.835. The minimum Gasteiger partial charge on any atom is -0.292 e. The lowest BCUT2D eigenvalue weighted by molar-refractivity contribution is 0.725. The Morgan fingerprint density at radius 1 is 0.300 bits per heavy atom. The number of hydrogen-bond acceptors (Lipinski definition) is 4. The SMILES string of the molecule is C1=CC2=C(c3cc(-c4ccc5c6c(cccc46)-c4ccccc4-5)cc4c(-c5ccc(-n6c(-c7ccccc7)nc(-c7ccccc7)c6-c6ccccc6)cc5)nc(-c5ccc(-n6c(-c7ccccc7)nc(-c7ccccc7)c6-c6ccccc6)cc5)nc34)C=CC3c4ccccc4C(=C1)C23. The van der Waals surface area contributed by atoms with E-state index in [-0.39, 0.29) is 11.8 Å². The Hall–Kier alpha value is -13.2. The summed E-state index contributed by atoms with van der Waals surface area (Å²) in [5, 5.41) is 3.45. The van der Waals surface area contributed by atoms with Crippen LogP contribution in [0.4, 0.5) is 0 Å². The summed E-state index contributed by atoms with van der Waals surface area (Å²) in [7, 11) is 0. The van der Waals surface area contributed by atoms with Crippen molar-refractivity contribution in [1.29, 1.82) is 0 Å². The molecular formula is C94H60N6. The van der Waals surface area contributed by atoms with E-state index in [9.17, 15) is 0 Å². The number of allylic oxidation sites excluding steroid dienone is 8. The molecule has 6 nitrogen and oxygen atoms in total. The smallest absolute Gasteiger partial charge is 0.160 e. The van der Waals surface area contributed by atoms with Crippen LogP contribution in [0.15, 0.2) is 357 Å². The lowest BCUT2D eigenvalue weighted by Gasteiger charge is -2.29. The van der Waals surface area contributed by atoms with Crippen molar-refractivity contribution in [3.8, 4) is 135 Å². The number of rotatable bonds is 12. The molecule has 20 rings (SSSR count). The summed E-state index contributed by atoms with van der Waals surface area (Å²) in [6.07, 6.45) is 11.8. The van der Waals surface area contributed by atoms with Crippen molar-refractivity contribution in [3.63, 3.8) is 0 Å². The van der Waals surface area contributed by atoms with Gasteiger partial charge in [0.25, 0.3) is 0 Å². The van der Waals surface area contributed by atoms with Gasteiger partial charge in [-0.2, -0.15) is 0 Å². The van der Waals surface area contributed by atoms with E-state index in [1.165, 1.54) is 55.3 Å². The monoisotopic (exact) mass is 1270 g/mol. The summed E-state index contributed by atoms with van der Waals surface area (Å²) in [6, 6.07) is 115. The zero-order chi connectivity index (χ0) is 65.8. The molecule has 0 aliphatic heterocycles.